The summed E-state index contributed by atoms with van der Waals surface area (Å²) in [5.74, 6) is -0.401. The summed E-state index contributed by atoms with van der Waals surface area (Å²) in [7, 11) is 1.59. The number of rotatable bonds is 4. The number of benzene rings is 1. The zero-order chi connectivity index (χ0) is 14.0. The molecular formula is C12H12BrN3O3. The fraction of sp³-hybridized carbons (Fsp3) is 0.167. The van der Waals surface area contributed by atoms with Gasteiger partial charge in [-0.3, -0.25) is 4.68 Å². The summed E-state index contributed by atoms with van der Waals surface area (Å²) in [4.78, 5) is 10.8. The number of carboxylic acid groups (broad SMARTS) is 1. The highest BCUT2D eigenvalue weighted by atomic mass is 79.9. The maximum absolute atomic E-state index is 10.8. The summed E-state index contributed by atoms with van der Waals surface area (Å²) >= 11 is 3.39. The Morgan fingerprint density at radius 1 is 1.58 bits per heavy atom. The standard InChI is InChI=1S/C12H12BrN3O3/c1-19-10-3-2-7(4-8(10)13)5-16-6-9(14)11(15-16)12(17)18/h2-4,6H,5,14H2,1H3,(H,17,18). The van der Waals surface area contributed by atoms with Crippen LogP contribution in [0.1, 0.15) is 16.1 Å². The van der Waals surface area contributed by atoms with Crippen molar-refractivity contribution < 1.29 is 14.6 Å². The third-order valence-electron chi connectivity index (χ3n) is 2.55. The minimum absolute atomic E-state index is 0.132. The van der Waals surface area contributed by atoms with E-state index in [9.17, 15) is 4.79 Å². The van der Waals surface area contributed by atoms with Crippen LogP contribution in [0.5, 0.6) is 5.75 Å². The van der Waals surface area contributed by atoms with Crippen LogP contribution < -0.4 is 10.5 Å². The fourth-order valence-electron chi connectivity index (χ4n) is 1.68. The van der Waals surface area contributed by atoms with Crippen LogP contribution in [0, 0.1) is 0 Å². The van der Waals surface area contributed by atoms with Gasteiger partial charge in [0.15, 0.2) is 5.69 Å². The minimum atomic E-state index is -1.13. The summed E-state index contributed by atoms with van der Waals surface area (Å²) in [5, 5.41) is 12.8. The lowest BCUT2D eigenvalue weighted by atomic mass is 10.2. The van der Waals surface area contributed by atoms with E-state index in [1.807, 2.05) is 18.2 Å². The number of methoxy groups -OCH3 is 1. The van der Waals surface area contributed by atoms with Gasteiger partial charge in [-0.05, 0) is 33.6 Å². The van der Waals surface area contributed by atoms with Gasteiger partial charge in [0.25, 0.3) is 0 Å². The van der Waals surface area contributed by atoms with E-state index in [0.717, 1.165) is 15.8 Å². The molecule has 3 N–H and O–H groups in total. The topological polar surface area (TPSA) is 90.4 Å². The highest BCUT2D eigenvalue weighted by molar-refractivity contribution is 9.10. The molecule has 0 aliphatic carbocycles. The van der Waals surface area contributed by atoms with E-state index in [4.69, 9.17) is 15.6 Å². The van der Waals surface area contributed by atoms with Crippen molar-refractivity contribution >= 4 is 27.6 Å². The van der Waals surface area contributed by atoms with E-state index in [1.165, 1.54) is 10.9 Å². The lowest BCUT2D eigenvalue weighted by Gasteiger charge is -2.06. The van der Waals surface area contributed by atoms with E-state index >= 15 is 0 Å². The first-order valence-electron chi connectivity index (χ1n) is 5.40. The molecule has 0 atom stereocenters. The second-order valence-corrected chi connectivity index (χ2v) is 4.76. The molecular weight excluding hydrogens is 314 g/mol. The Labute approximate surface area is 117 Å². The maximum atomic E-state index is 10.8. The molecule has 0 saturated carbocycles. The van der Waals surface area contributed by atoms with Gasteiger partial charge >= 0.3 is 5.97 Å². The molecule has 0 amide bonds. The van der Waals surface area contributed by atoms with Crippen molar-refractivity contribution in [3.05, 3.63) is 40.1 Å². The highest BCUT2D eigenvalue weighted by Crippen LogP contribution is 2.26. The van der Waals surface area contributed by atoms with Crippen LogP contribution in [0.3, 0.4) is 0 Å². The molecule has 6 nitrogen and oxygen atoms in total. The molecule has 1 aromatic carbocycles. The highest BCUT2D eigenvalue weighted by Gasteiger charge is 2.13. The van der Waals surface area contributed by atoms with Gasteiger partial charge < -0.3 is 15.6 Å². The van der Waals surface area contributed by atoms with Crippen LogP contribution in [-0.4, -0.2) is 28.0 Å². The summed E-state index contributed by atoms with van der Waals surface area (Å²) in [5.41, 5.74) is 6.55. The molecule has 0 radical (unpaired) electrons. The summed E-state index contributed by atoms with van der Waals surface area (Å²) in [6, 6.07) is 5.59. The summed E-state index contributed by atoms with van der Waals surface area (Å²) in [6.45, 7) is 0.431. The van der Waals surface area contributed by atoms with Crippen LogP contribution >= 0.6 is 15.9 Å². The third kappa shape index (κ3) is 2.87. The molecule has 0 unspecified atom stereocenters. The lowest BCUT2D eigenvalue weighted by molar-refractivity contribution is 0.0690. The molecule has 100 valence electrons. The molecule has 19 heavy (non-hydrogen) atoms. The van der Waals surface area contributed by atoms with Gasteiger partial charge in [0.1, 0.15) is 5.75 Å². The third-order valence-corrected chi connectivity index (χ3v) is 3.17. The fourth-order valence-corrected chi connectivity index (χ4v) is 2.27. The number of hydrogen-bond donors (Lipinski definition) is 2. The molecule has 2 rings (SSSR count). The van der Waals surface area contributed by atoms with Gasteiger partial charge in [-0.1, -0.05) is 6.07 Å². The van der Waals surface area contributed by atoms with Crippen molar-refractivity contribution in [1.82, 2.24) is 9.78 Å². The number of anilines is 1. The average Bonchev–Trinajstić information content (AvgIpc) is 2.70. The Balaban J connectivity index is 2.24. The van der Waals surface area contributed by atoms with Crippen LogP contribution in [-0.2, 0) is 6.54 Å². The number of carbonyl (C=O) groups is 1. The van der Waals surface area contributed by atoms with Gasteiger partial charge in [0.2, 0.25) is 0 Å². The Morgan fingerprint density at radius 3 is 2.84 bits per heavy atom. The van der Waals surface area contributed by atoms with E-state index < -0.39 is 5.97 Å². The molecule has 0 fully saturated rings. The van der Waals surface area contributed by atoms with Crippen molar-refractivity contribution in [3.63, 3.8) is 0 Å². The van der Waals surface area contributed by atoms with E-state index in [0.29, 0.717) is 6.54 Å². The lowest BCUT2D eigenvalue weighted by Crippen LogP contribution is -2.04. The Bertz CT molecular complexity index is 625. The normalized spacial score (nSPS) is 10.4. The maximum Gasteiger partial charge on any atom is 0.358 e. The van der Waals surface area contributed by atoms with Crippen LogP contribution in [0.15, 0.2) is 28.9 Å². The molecule has 7 heteroatoms. The van der Waals surface area contributed by atoms with Gasteiger partial charge in [-0.2, -0.15) is 5.10 Å². The SMILES string of the molecule is COc1ccc(Cn2cc(N)c(C(=O)O)n2)cc1Br. The monoisotopic (exact) mass is 325 g/mol. The predicted octanol–water partition coefficient (Wildman–Crippen LogP) is 1.98. The summed E-state index contributed by atoms with van der Waals surface area (Å²) in [6.07, 6.45) is 1.50. The number of nitrogens with zero attached hydrogens (tertiary/aromatic N) is 2. The van der Waals surface area contributed by atoms with Crippen molar-refractivity contribution in [2.45, 2.75) is 6.54 Å². The smallest absolute Gasteiger partial charge is 0.358 e. The number of hydrogen-bond acceptors (Lipinski definition) is 4. The number of nitrogens with two attached hydrogens (primary N) is 1. The minimum Gasteiger partial charge on any atom is -0.496 e. The number of carboxylic acids is 1. The first-order valence-corrected chi connectivity index (χ1v) is 6.19. The molecule has 1 heterocycles. The van der Waals surface area contributed by atoms with Crippen molar-refractivity contribution in [1.29, 1.82) is 0 Å². The number of ether oxygens (including phenoxy) is 1. The molecule has 0 aliphatic heterocycles. The predicted molar refractivity (Wildman–Crippen MR) is 73.4 cm³/mol. The van der Waals surface area contributed by atoms with Crippen molar-refractivity contribution in [3.8, 4) is 5.75 Å². The second kappa shape index (κ2) is 5.31. The van der Waals surface area contributed by atoms with Crippen molar-refractivity contribution in [2.75, 3.05) is 12.8 Å². The molecule has 0 aliphatic rings. The molecule has 0 bridgehead atoms. The van der Waals surface area contributed by atoms with Crippen LogP contribution in [0.4, 0.5) is 5.69 Å². The van der Waals surface area contributed by atoms with Gasteiger partial charge in [-0.15, -0.1) is 0 Å². The molecule has 2 aromatic rings. The number of halogens is 1. The number of aromatic nitrogens is 2. The first kappa shape index (κ1) is 13.4. The number of aromatic carboxylic acids is 1. The average molecular weight is 326 g/mol. The zero-order valence-corrected chi connectivity index (χ0v) is 11.7. The molecule has 0 saturated heterocycles. The first-order chi connectivity index (χ1) is 9.01. The number of nitrogen functional groups attached to an aromatic ring is 1. The molecule has 1 aromatic heterocycles. The van der Waals surface area contributed by atoms with Crippen LogP contribution in [0.2, 0.25) is 0 Å². The van der Waals surface area contributed by atoms with E-state index in [1.54, 1.807) is 7.11 Å². The largest absolute Gasteiger partial charge is 0.496 e. The zero-order valence-electron chi connectivity index (χ0n) is 10.1. The quantitative estimate of drug-likeness (QED) is 0.897. The van der Waals surface area contributed by atoms with Gasteiger partial charge in [0, 0.05) is 6.20 Å². The van der Waals surface area contributed by atoms with Crippen molar-refractivity contribution in [2.24, 2.45) is 0 Å². The van der Waals surface area contributed by atoms with Crippen LogP contribution in [0.25, 0.3) is 0 Å². The Kier molecular flexibility index (Phi) is 3.75. The summed E-state index contributed by atoms with van der Waals surface area (Å²) < 4.78 is 7.46. The second-order valence-electron chi connectivity index (χ2n) is 3.90. The molecule has 0 spiro atoms. The van der Waals surface area contributed by atoms with Gasteiger partial charge in [-0.25, -0.2) is 4.79 Å². The van der Waals surface area contributed by atoms with E-state index in [-0.39, 0.29) is 11.4 Å². The Hall–Kier alpha value is -2.02. The van der Waals surface area contributed by atoms with Gasteiger partial charge in [0.05, 0.1) is 23.8 Å². The van der Waals surface area contributed by atoms with E-state index in [2.05, 4.69) is 21.0 Å². The Morgan fingerprint density at radius 2 is 2.32 bits per heavy atom.